The lowest BCUT2D eigenvalue weighted by molar-refractivity contribution is -0.145. The largest absolute Gasteiger partial charge is 0.464 e. The molecule has 0 aliphatic heterocycles. The van der Waals surface area contributed by atoms with E-state index in [9.17, 15) is 14.4 Å². The van der Waals surface area contributed by atoms with Gasteiger partial charge in [0, 0.05) is 17.5 Å². The van der Waals surface area contributed by atoms with Gasteiger partial charge in [-0.15, -0.1) is 0 Å². The fourth-order valence-corrected chi connectivity index (χ4v) is 3.18. The first-order valence-corrected chi connectivity index (χ1v) is 8.96. The summed E-state index contributed by atoms with van der Waals surface area (Å²) in [5.41, 5.74) is 1.33. The first kappa shape index (κ1) is 18.9. The predicted octanol–water partition coefficient (Wildman–Crippen LogP) is 3.28. The van der Waals surface area contributed by atoms with Gasteiger partial charge in [-0.3, -0.25) is 9.59 Å². The molecule has 0 unspecified atom stereocenters. The molecule has 0 heterocycles. The Bertz CT molecular complexity index is 921. The smallest absolute Gasteiger partial charge is 0.328 e. The van der Waals surface area contributed by atoms with Crippen LogP contribution in [0.25, 0.3) is 0 Å². The number of benzene rings is 2. The number of nitrogens with one attached hydrogen (secondary N) is 1. The van der Waals surface area contributed by atoms with Crippen molar-refractivity contribution in [3.63, 3.8) is 0 Å². The summed E-state index contributed by atoms with van der Waals surface area (Å²) >= 11 is 6.18. The Morgan fingerprint density at radius 3 is 2.22 bits per heavy atom. The Labute approximate surface area is 162 Å². The van der Waals surface area contributed by atoms with Gasteiger partial charge in [-0.25, -0.2) is 4.79 Å². The summed E-state index contributed by atoms with van der Waals surface area (Å²) in [6, 6.07) is 14.9. The molecule has 1 atom stereocenters. The number of hydrogen-bond acceptors (Lipinski definition) is 5. The molecule has 6 heteroatoms. The Hall–Kier alpha value is -2.92. The van der Waals surface area contributed by atoms with Crippen molar-refractivity contribution in [3.05, 3.63) is 82.0 Å². The zero-order valence-corrected chi connectivity index (χ0v) is 15.5. The maximum Gasteiger partial charge on any atom is 0.328 e. The molecule has 0 aromatic heterocycles. The van der Waals surface area contributed by atoms with Crippen LogP contribution in [0, 0.1) is 0 Å². The molecule has 0 bridgehead atoms. The molecular weight excluding hydrogens is 366 g/mol. The molecule has 0 saturated heterocycles. The van der Waals surface area contributed by atoms with Gasteiger partial charge < -0.3 is 10.1 Å². The lowest BCUT2D eigenvalue weighted by Gasteiger charge is -2.23. The Morgan fingerprint density at radius 2 is 1.59 bits per heavy atom. The highest BCUT2D eigenvalue weighted by atomic mass is 35.5. The van der Waals surface area contributed by atoms with Crippen LogP contribution in [0.1, 0.15) is 33.2 Å². The van der Waals surface area contributed by atoms with Crippen molar-refractivity contribution >= 4 is 29.1 Å². The second kappa shape index (κ2) is 8.18. The SMILES string of the molecule is CCOC(=O)[C@H](Cc1ccccc1)NC1=C(Cl)C(=O)c2ccccc2C1=O. The maximum absolute atomic E-state index is 12.8. The number of Topliss-reactive ketones (excluding diaryl/α,β-unsaturated/α-hetero) is 2. The van der Waals surface area contributed by atoms with Crippen molar-refractivity contribution < 1.29 is 19.1 Å². The second-order valence-corrected chi connectivity index (χ2v) is 6.41. The Morgan fingerprint density at radius 1 is 1.00 bits per heavy atom. The quantitative estimate of drug-likeness (QED) is 0.775. The molecule has 0 radical (unpaired) electrons. The standard InChI is InChI=1S/C21H18ClNO4/c1-2-27-21(26)16(12-13-8-4-3-5-9-13)23-18-17(22)19(24)14-10-6-7-11-15(14)20(18)25/h3-11,16,23H,2,12H2,1H3/t16-/m0/s1. The first-order valence-electron chi connectivity index (χ1n) is 8.58. The third kappa shape index (κ3) is 3.93. The van der Waals surface area contributed by atoms with Crippen LogP contribution in [0.4, 0.5) is 0 Å². The highest BCUT2D eigenvalue weighted by molar-refractivity contribution is 6.49. The van der Waals surface area contributed by atoms with E-state index in [2.05, 4.69) is 5.32 Å². The minimum absolute atomic E-state index is 0.0747. The van der Waals surface area contributed by atoms with E-state index in [0.29, 0.717) is 0 Å². The monoisotopic (exact) mass is 383 g/mol. The third-order valence-corrected chi connectivity index (χ3v) is 4.60. The van der Waals surface area contributed by atoms with Gasteiger partial charge in [0.25, 0.3) is 0 Å². The van der Waals surface area contributed by atoms with Crippen LogP contribution in [-0.4, -0.2) is 30.2 Å². The normalized spacial score (nSPS) is 14.6. The molecule has 0 spiro atoms. The summed E-state index contributed by atoms with van der Waals surface area (Å²) in [7, 11) is 0. The van der Waals surface area contributed by atoms with Crippen LogP contribution in [-0.2, 0) is 16.0 Å². The summed E-state index contributed by atoms with van der Waals surface area (Å²) < 4.78 is 5.12. The zero-order valence-electron chi connectivity index (χ0n) is 14.7. The fourth-order valence-electron chi connectivity index (χ4n) is 2.93. The molecule has 27 heavy (non-hydrogen) atoms. The fraction of sp³-hybridized carbons (Fsp3) is 0.190. The minimum atomic E-state index is -0.849. The van der Waals surface area contributed by atoms with Crippen molar-refractivity contribution in [1.82, 2.24) is 5.32 Å². The summed E-state index contributed by atoms with van der Waals surface area (Å²) in [5.74, 6) is -1.38. The average Bonchev–Trinajstić information content (AvgIpc) is 2.69. The lowest BCUT2D eigenvalue weighted by Crippen LogP contribution is -2.43. The van der Waals surface area contributed by atoms with Gasteiger partial charge in [0.2, 0.25) is 11.6 Å². The number of rotatable bonds is 6. The van der Waals surface area contributed by atoms with Crippen molar-refractivity contribution in [2.75, 3.05) is 6.61 Å². The molecule has 2 aromatic rings. The van der Waals surface area contributed by atoms with E-state index in [4.69, 9.17) is 16.3 Å². The average molecular weight is 384 g/mol. The van der Waals surface area contributed by atoms with Gasteiger partial charge in [-0.05, 0) is 12.5 Å². The van der Waals surface area contributed by atoms with E-state index >= 15 is 0 Å². The lowest BCUT2D eigenvalue weighted by atomic mass is 9.92. The van der Waals surface area contributed by atoms with Crippen molar-refractivity contribution in [2.45, 2.75) is 19.4 Å². The van der Waals surface area contributed by atoms with Crippen LogP contribution in [0.5, 0.6) is 0 Å². The molecule has 1 N–H and O–H groups in total. The molecule has 0 amide bonds. The van der Waals surface area contributed by atoms with Gasteiger partial charge in [0.1, 0.15) is 16.8 Å². The van der Waals surface area contributed by atoms with E-state index in [-0.39, 0.29) is 34.9 Å². The Kier molecular flexibility index (Phi) is 5.72. The molecule has 5 nitrogen and oxygen atoms in total. The van der Waals surface area contributed by atoms with E-state index < -0.39 is 23.6 Å². The molecular formula is C21H18ClNO4. The minimum Gasteiger partial charge on any atom is -0.464 e. The number of carbonyl (C=O) groups excluding carboxylic acids is 3. The topological polar surface area (TPSA) is 72.5 Å². The number of allylic oxidation sites excluding steroid dienone is 2. The molecule has 138 valence electrons. The van der Waals surface area contributed by atoms with Crippen molar-refractivity contribution in [1.29, 1.82) is 0 Å². The number of carbonyl (C=O) groups is 3. The van der Waals surface area contributed by atoms with E-state index in [1.165, 1.54) is 0 Å². The highest BCUT2D eigenvalue weighted by Gasteiger charge is 2.34. The van der Waals surface area contributed by atoms with Gasteiger partial charge in [-0.2, -0.15) is 0 Å². The van der Waals surface area contributed by atoms with Crippen LogP contribution < -0.4 is 5.32 Å². The number of halogens is 1. The molecule has 3 rings (SSSR count). The van der Waals surface area contributed by atoms with Crippen LogP contribution >= 0.6 is 11.6 Å². The first-order chi connectivity index (χ1) is 13.0. The van der Waals surface area contributed by atoms with E-state index in [1.54, 1.807) is 31.2 Å². The highest BCUT2D eigenvalue weighted by Crippen LogP contribution is 2.27. The summed E-state index contributed by atoms with van der Waals surface area (Å²) in [4.78, 5) is 37.8. The summed E-state index contributed by atoms with van der Waals surface area (Å²) in [6.07, 6.45) is 0.288. The van der Waals surface area contributed by atoms with Crippen molar-refractivity contribution in [2.24, 2.45) is 0 Å². The van der Waals surface area contributed by atoms with E-state index in [0.717, 1.165) is 5.56 Å². The molecule has 2 aromatic carbocycles. The van der Waals surface area contributed by atoms with Gasteiger partial charge in [-0.1, -0.05) is 66.2 Å². The molecule has 0 saturated carbocycles. The molecule has 0 fully saturated rings. The maximum atomic E-state index is 12.8. The second-order valence-electron chi connectivity index (χ2n) is 6.03. The van der Waals surface area contributed by atoms with Gasteiger partial charge in [0.15, 0.2) is 0 Å². The van der Waals surface area contributed by atoms with Crippen LogP contribution in [0.15, 0.2) is 65.3 Å². The number of ketones is 2. The summed E-state index contributed by atoms with van der Waals surface area (Å²) in [6.45, 7) is 1.91. The number of esters is 1. The van der Waals surface area contributed by atoms with E-state index in [1.807, 2.05) is 30.3 Å². The number of ether oxygens (including phenoxy) is 1. The van der Waals surface area contributed by atoms with Crippen molar-refractivity contribution in [3.8, 4) is 0 Å². The van der Waals surface area contributed by atoms with Gasteiger partial charge in [0.05, 0.1) is 6.61 Å². The van der Waals surface area contributed by atoms with Crippen LogP contribution in [0.3, 0.4) is 0 Å². The third-order valence-electron chi connectivity index (χ3n) is 4.23. The Balaban J connectivity index is 1.93. The number of hydrogen-bond donors (Lipinski definition) is 1. The summed E-state index contributed by atoms with van der Waals surface area (Å²) in [5, 5.41) is 2.64. The molecule has 1 aliphatic rings. The van der Waals surface area contributed by atoms with Gasteiger partial charge >= 0.3 is 5.97 Å². The molecule has 1 aliphatic carbocycles. The predicted molar refractivity (Wildman–Crippen MR) is 102 cm³/mol. The number of fused-ring (bicyclic) bond motifs is 1. The van der Waals surface area contributed by atoms with Crippen LogP contribution in [0.2, 0.25) is 0 Å². The zero-order chi connectivity index (χ0) is 19.4.